The molecule has 3 atom stereocenters. The minimum atomic E-state index is -0.740. The van der Waals surface area contributed by atoms with E-state index in [9.17, 15) is 9.59 Å². The Hall–Kier alpha value is -0.710. The van der Waals surface area contributed by atoms with Crippen molar-refractivity contribution in [3.05, 3.63) is 0 Å². The van der Waals surface area contributed by atoms with Crippen LogP contribution in [0.4, 0.5) is 0 Å². The molecule has 4 nitrogen and oxygen atoms in total. The molecule has 0 bridgehead atoms. The second-order valence-corrected chi connectivity index (χ2v) is 7.48. The number of thioether (sulfide) groups is 1. The lowest BCUT2D eigenvalue weighted by molar-refractivity contribution is -0.141. The maximum Gasteiger partial charge on any atom is 0.306 e. The molecule has 1 aliphatic heterocycles. The smallest absolute Gasteiger partial charge is 0.306 e. The molecule has 0 aromatic heterocycles. The van der Waals surface area contributed by atoms with Crippen LogP contribution in [0.5, 0.6) is 0 Å². The molecule has 1 saturated carbocycles. The first kappa shape index (κ1) is 15.7. The number of hydrogen-bond donors (Lipinski definition) is 1. The van der Waals surface area contributed by atoms with E-state index in [1.807, 2.05) is 16.7 Å². The molecule has 2 rings (SSSR count). The van der Waals surface area contributed by atoms with Gasteiger partial charge in [0.2, 0.25) is 5.91 Å². The van der Waals surface area contributed by atoms with E-state index in [4.69, 9.17) is 5.11 Å². The SMILES string of the molecule is CCSC1CCCCN(C(=O)[C@@H]2CC[C@H](C(=O)O)C2)C1. The largest absolute Gasteiger partial charge is 0.481 e. The van der Waals surface area contributed by atoms with Crippen molar-refractivity contribution in [1.29, 1.82) is 0 Å². The van der Waals surface area contributed by atoms with Crippen LogP contribution in [-0.4, -0.2) is 46.0 Å². The molecule has 0 aromatic carbocycles. The lowest BCUT2D eigenvalue weighted by Crippen LogP contribution is -2.39. The highest BCUT2D eigenvalue weighted by Gasteiger charge is 2.36. The maximum atomic E-state index is 12.6. The number of hydrogen-bond acceptors (Lipinski definition) is 3. The highest BCUT2D eigenvalue weighted by molar-refractivity contribution is 7.99. The minimum absolute atomic E-state index is 0.0542. The molecule has 20 heavy (non-hydrogen) atoms. The lowest BCUT2D eigenvalue weighted by Gasteiger charge is -2.26. The van der Waals surface area contributed by atoms with Crippen LogP contribution in [0.25, 0.3) is 0 Å². The number of carboxylic acid groups (broad SMARTS) is 1. The number of likely N-dealkylation sites (tertiary alicyclic amines) is 1. The minimum Gasteiger partial charge on any atom is -0.481 e. The van der Waals surface area contributed by atoms with E-state index >= 15 is 0 Å². The van der Waals surface area contributed by atoms with Gasteiger partial charge in [0.25, 0.3) is 0 Å². The number of carboxylic acids is 1. The molecule has 5 heteroatoms. The van der Waals surface area contributed by atoms with E-state index in [2.05, 4.69) is 6.92 Å². The Balaban J connectivity index is 1.92. The lowest BCUT2D eigenvalue weighted by atomic mass is 10.0. The van der Waals surface area contributed by atoms with Crippen molar-refractivity contribution < 1.29 is 14.7 Å². The summed E-state index contributed by atoms with van der Waals surface area (Å²) in [7, 11) is 0. The summed E-state index contributed by atoms with van der Waals surface area (Å²) in [6.45, 7) is 3.87. The summed E-state index contributed by atoms with van der Waals surface area (Å²) in [6, 6.07) is 0. The molecular weight excluding hydrogens is 274 g/mol. The Labute approximate surface area is 125 Å². The molecule has 2 fully saturated rings. The van der Waals surface area contributed by atoms with Gasteiger partial charge in [-0.1, -0.05) is 13.3 Å². The quantitative estimate of drug-likeness (QED) is 0.867. The van der Waals surface area contributed by atoms with E-state index in [-0.39, 0.29) is 17.7 Å². The second-order valence-electron chi connectivity index (χ2n) is 5.90. The Bertz CT molecular complexity index is 361. The summed E-state index contributed by atoms with van der Waals surface area (Å²) in [6.07, 6.45) is 5.43. The Morgan fingerprint density at radius 3 is 2.60 bits per heavy atom. The van der Waals surface area contributed by atoms with Crippen LogP contribution >= 0.6 is 11.8 Å². The first-order chi connectivity index (χ1) is 9.61. The summed E-state index contributed by atoms with van der Waals surface area (Å²) in [5, 5.41) is 9.61. The zero-order valence-electron chi connectivity index (χ0n) is 12.2. The molecule has 0 aromatic rings. The number of rotatable bonds is 4. The molecule has 0 spiro atoms. The molecule has 1 aliphatic carbocycles. The van der Waals surface area contributed by atoms with Crippen molar-refractivity contribution in [2.45, 2.75) is 50.7 Å². The topological polar surface area (TPSA) is 57.6 Å². The van der Waals surface area contributed by atoms with Crippen molar-refractivity contribution >= 4 is 23.6 Å². The fraction of sp³-hybridized carbons (Fsp3) is 0.867. The van der Waals surface area contributed by atoms with Gasteiger partial charge in [-0.15, -0.1) is 0 Å². The average Bonchev–Trinajstić information content (AvgIpc) is 2.80. The highest BCUT2D eigenvalue weighted by Crippen LogP contribution is 2.33. The molecule has 1 heterocycles. The van der Waals surface area contributed by atoms with Crippen molar-refractivity contribution in [3.63, 3.8) is 0 Å². The summed E-state index contributed by atoms with van der Waals surface area (Å²) in [5.74, 6) is 0.197. The number of carbonyl (C=O) groups is 2. The van der Waals surface area contributed by atoms with Crippen molar-refractivity contribution in [1.82, 2.24) is 4.90 Å². The monoisotopic (exact) mass is 299 g/mol. The Morgan fingerprint density at radius 1 is 1.20 bits per heavy atom. The van der Waals surface area contributed by atoms with E-state index in [1.165, 1.54) is 12.8 Å². The fourth-order valence-electron chi connectivity index (χ4n) is 3.36. The van der Waals surface area contributed by atoms with Gasteiger partial charge in [0.15, 0.2) is 0 Å². The second kappa shape index (κ2) is 7.34. The Morgan fingerprint density at radius 2 is 1.95 bits per heavy atom. The van der Waals surface area contributed by atoms with Gasteiger partial charge in [0.1, 0.15) is 0 Å². The summed E-state index contributed by atoms with van der Waals surface area (Å²) in [5.41, 5.74) is 0. The van der Waals surface area contributed by atoms with Gasteiger partial charge in [-0.25, -0.2) is 0 Å². The van der Waals surface area contributed by atoms with Crippen molar-refractivity contribution in [3.8, 4) is 0 Å². The number of amides is 1. The molecule has 1 N–H and O–H groups in total. The highest BCUT2D eigenvalue weighted by atomic mass is 32.2. The summed E-state index contributed by atoms with van der Waals surface area (Å²) < 4.78 is 0. The van der Waals surface area contributed by atoms with E-state index in [0.717, 1.165) is 31.7 Å². The average molecular weight is 299 g/mol. The van der Waals surface area contributed by atoms with E-state index < -0.39 is 5.97 Å². The first-order valence-corrected chi connectivity index (χ1v) is 8.79. The van der Waals surface area contributed by atoms with Gasteiger partial charge in [0.05, 0.1) is 5.92 Å². The predicted octanol–water partition coefficient (Wildman–Crippen LogP) is 2.62. The number of carbonyl (C=O) groups excluding carboxylic acids is 1. The zero-order valence-corrected chi connectivity index (χ0v) is 13.0. The van der Waals surface area contributed by atoms with Gasteiger partial charge in [0, 0.05) is 24.3 Å². The third kappa shape index (κ3) is 3.90. The number of nitrogens with zero attached hydrogens (tertiary/aromatic N) is 1. The van der Waals surface area contributed by atoms with Gasteiger partial charge in [-0.3, -0.25) is 9.59 Å². The molecule has 2 aliphatic rings. The van der Waals surface area contributed by atoms with Gasteiger partial charge in [-0.05, 0) is 37.9 Å². The third-order valence-electron chi connectivity index (χ3n) is 4.47. The fourth-order valence-corrected chi connectivity index (χ4v) is 4.45. The molecule has 114 valence electrons. The van der Waals surface area contributed by atoms with Crippen molar-refractivity contribution in [2.75, 3.05) is 18.8 Å². The predicted molar refractivity (Wildman–Crippen MR) is 80.8 cm³/mol. The standard InChI is InChI=1S/C15H25NO3S/c1-2-20-13-5-3-4-8-16(10-13)14(17)11-6-7-12(9-11)15(18)19/h11-13H,2-10H2,1H3,(H,18,19)/t11-,12+,13?/m1/s1. The molecular formula is C15H25NO3S. The molecule has 1 amide bonds. The van der Waals surface area contributed by atoms with Crippen LogP contribution < -0.4 is 0 Å². The first-order valence-electron chi connectivity index (χ1n) is 7.75. The normalized spacial score (nSPS) is 31.1. The van der Waals surface area contributed by atoms with Crippen molar-refractivity contribution in [2.24, 2.45) is 11.8 Å². The zero-order chi connectivity index (χ0) is 14.5. The van der Waals surface area contributed by atoms with Crippen LogP contribution in [0.15, 0.2) is 0 Å². The summed E-state index contributed by atoms with van der Waals surface area (Å²) in [4.78, 5) is 25.6. The van der Waals surface area contributed by atoms with Gasteiger partial charge >= 0.3 is 5.97 Å². The Kier molecular flexibility index (Phi) is 5.75. The molecule has 0 radical (unpaired) electrons. The third-order valence-corrected chi connectivity index (χ3v) is 5.66. The van der Waals surface area contributed by atoms with Gasteiger partial charge < -0.3 is 10.0 Å². The van der Waals surface area contributed by atoms with Gasteiger partial charge in [-0.2, -0.15) is 11.8 Å². The van der Waals surface area contributed by atoms with E-state index in [0.29, 0.717) is 18.1 Å². The van der Waals surface area contributed by atoms with Crippen LogP contribution in [-0.2, 0) is 9.59 Å². The van der Waals surface area contributed by atoms with Crippen LogP contribution in [0.3, 0.4) is 0 Å². The molecule has 1 unspecified atom stereocenters. The van der Waals surface area contributed by atoms with Crippen LogP contribution in [0.2, 0.25) is 0 Å². The van der Waals surface area contributed by atoms with E-state index in [1.54, 1.807) is 0 Å². The summed E-state index contributed by atoms with van der Waals surface area (Å²) >= 11 is 1.95. The maximum absolute atomic E-state index is 12.6. The van der Waals surface area contributed by atoms with Crippen LogP contribution in [0.1, 0.15) is 45.4 Å². The van der Waals surface area contributed by atoms with Crippen LogP contribution in [0, 0.1) is 11.8 Å². The molecule has 1 saturated heterocycles. The number of aliphatic carboxylic acids is 1.